The van der Waals surface area contributed by atoms with Gasteiger partial charge in [-0.3, -0.25) is 9.48 Å². The van der Waals surface area contributed by atoms with Crippen molar-refractivity contribution < 1.29 is 13.2 Å². The minimum Gasteiger partial charge on any atom is -0.350 e. The molecule has 1 N–H and O–H groups in total. The number of aromatic nitrogens is 2. The van der Waals surface area contributed by atoms with E-state index in [1.54, 1.807) is 26.0 Å². The minimum atomic E-state index is -3.59. The van der Waals surface area contributed by atoms with E-state index in [0.29, 0.717) is 36.0 Å². The molecule has 28 heavy (non-hydrogen) atoms. The summed E-state index contributed by atoms with van der Waals surface area (Å²) in [5.74, 6) is -0.234. The van der Waals surface area contributed by atoms with Gasteiger partial charge in [-0.15, -0.1) is 0 Å². The quantitative estimate of drug-likeness (QED) is 0.772. The normalized spacial score (nSPS) is 15.5. The van der Waals surface area contributed by atoms with Gasteiger partial charge in [0.15, 0.2) is 0 Å². The molecule has 1 saturated heterocycles. The van der Waals surface area contributed by atoms with Crippen LogP contribution >= 0.6 is 11.6 Å². The van der Waals surface area contributed by atoms with E-state index in [0.717, 1.165) is 24.8 Å². The van der Waals surface area contributed by atoms with Crippen molar-refractivity contribution in [3.63, 3.8) is 0 Å². The second kappa shape index (κ2) is 8.63. The molecule has 1 aliphatic heterocycles. The molecule has 7 nitrogen and oxygen atoms in total. The molecule has 1 aromatic carbocycles. The summed E-state index contributed by atoms with van der Waals surface area (Å²) in [4.78, 5) is 12.5. The molecule has 0 aliphatic carbocycles. The maximum atomic E-state index is 13.0. The monoisotopic (exact) mass is 424 g/mol. The lowest BCUT2D eigenvalue weighted by atomic mass is 10.2. The van der Waals surface area contributed by atoms with E-state index in [1.807, 2.05) is 12.1 Å². The maximum Gasteiger partial charge on any atom is 0.246 e. The number of aryl methyl sites for hydroxylation is 1. The summed E-state index contributed by atoms with van der Waals surface area (Å²) in [5, 5.41) is 7.77. The third-order valence-electron chi connectivity index (χ3n) is 4.92. The van der Waals surface area contributed by atoms with Crippen LogP contribution in [0.25, 0.3) is 0 Å². The molecule has 152 valence electrons. The number of carbonyl (C=O) groups is 1. The van der Waals surface area contributed by atoms with Crippen molar-refractivity contribution in [3.05, 3.63) is 46.2 Å². The first-order valence-corrected chi connectivity index (χ1v) is 11.2. The molecule has 0 saturated carbocycles. The van der Waals surface area contributed by atoms with Gasteiger partial charge in [0, 0.05) is 24.7 Å². The fourth-order valence-electron chi connectivity index (χ4n) is 3.44. The van der Waals surface area contributed by atoms with E-state index in [-0.39, 0.29) is 17.3 Å². The van der Waals surface area contributed by atoms with Crippen LogP contribution in [0.2, 0.25) is 5.02 Å². The second-order valence-corrected chi connectivity index (χ2v) is 9.34. The Bertz CT molecular complexity index is 948. The summed E-state index contributed by atoms with van der Waals surface area (Å²) in [6, 6.07) is 7.22. The Hall–Kier alpha value is -1.90. The molecule has 1 amide bonds. The Balaban J connectivity index is 1.70. The average Bonchev–Trinajstić information content (AvgIpc) is 2.95. The second-order valence-electron chi connectivity index (χ2n) is 7.03. The molecule has 1 aromatic heterocycles. The van der Waals surface area contributed by atoms with Gasteiger partial charge in [0.2, 0.25) is 15.9 Å². The number of carbonyl (C=O) groups excluding carboxylic acids is 1. The predicted molar refractivity (Wildman–Crippen MR) is 108 cm³/mol. The number of nitrogens with one attached hydrogen (secondary N) is 1. The number of benzene rings is 1. The van der Waals surface area contributed by atoms with Crippen LogP contribution in [0.5, 0.6) is 0 Å². The average molecular weight is 425 g/mol. The zero-order chi connectivity index (χ0) is 20.3. The van der Waals surface area contributed by atoms with E-state index in [4.69, 9.17) is 11.6 Å². The van der Waals surface area contributed by atoms with Crippen LogP contribution in [0, 0.1) is 13.8 Å². The Morgan fingerprint density at radius 1 is 1.14 bits per heavy atom. The molecule has 3 rings (SSSR count). The first-order valence-electron chi connectivity index (χ1n) is 9.34. The Kier molecular flexibility index (Phi) is 6.42. The molecular weight excluding hydrogens is 400 g/mol. The zero-order valence-corrected chi connectivity index (χ0v) is 17.7. The fraction of sp³-hybridized carbons (Fsp3) is 0.474. The lowest BCUT2D eigenvalue weighted by molar-refractivity contribution is -0.122. The summed E-state index contributed by atoms with van der Waals surface area (Å²) in [6.45, 7) is 4.78. The summed E-state index contributed by atoms with van der Waals surface area (Å²) in [5.41, 5.74) is 1.85. The van der Waals surface area contributed by atoms with E-state index < -0.39 is 10.0 Å². The number of halogens is 1. The highest BCUT2D eigenvalue weighted by atomic mass is 35.5. The zero-order valence-electron chi connectivity index (χ0n) is 16.1. The summed E-state index contributed by atoms with van der Waals surface area (Å²) in [6.07, 6.45) is 2.80. The Labute approximate surface area is 170 Å². The summed E-state index contributed by atoms with van der Waals surface area (Å²) < 4.78 is 29.0. The number of amides is 1. The van der Waals surface area contributed by atoms with Crippen LogP contribution in [-0.4, -0.2) is 41.5 Å². The number of hydrogen-bond acceptors (Lipinski definition) is 4. The van der Waals surface area contributed by atoms with Crippen LogP contribution in [0.3, 0.4) is 0 Å². The molecule has 0 atom stereocenters. The van der Waals surface area contributed by atoms with Gasteiger partial charge in [0.1, 0.15) is 11.4 Å². The first-order chi connectivity index (χ1) is 13.3. The molecule has 9 heteroatoms. The predicted octanol–water partition coefficient (Wildman–Crippen LogP) is 2.64. The van der Waals surface area contributed by atoms with Crippen molar-refractivity contribution >= 4 is 27.5 Å². The van der Waals surface area contributed by atoms with Gasteiger partial charge >= 0.3 is 0 Å². The van der Waals surface area contributed by atoms with Gasteiger partial charge in [0.25, 0.3) is 0 Å². The molecule has 0 unspecified atom stereocenters. The van der Waals surface area contributed by atoms with Gasteiger partial charge in [-0.1, -0.05) is 30.2 Å². The molecule has 2 aromatic rings. The molecule has 0 bridgehead atoms. The topological polar surface area (TPSA) is 84.3 Å². The van der Waals surface area contributed by atoms with Gasteiger partial charge in [-0.05, 0) is 44.4 Å². The van der Waals surface area contributed by atoms with Crippen LogP contribution in [0.4, 0.5) is 0 Å². The van der Waals surface area contributed by atoms with Crippen LogP contribution in [0.1, 0.15) is 36.2 Å². The first kappa shape index (κ1) is 20.8. The van der Waals surface area contributed by atoms with Crippen molar-refractivity contribution in [1.82, 2.24) is 19.4 Å². The van der Waals surface area contributed by atoms with E-state index in [2.05, 4.69) is 10.4 Å². The molecular formula is C19H25ClN4O3S. The van der Waals surface area contributed by atoms with Gasteiger partial charge in [-0.25, -0.2) is 8.42 Å². The van der Waals surface area contributed by atoms with Crippen LogP contribution in [-0.2, 0) is 27.9 Å². The molecule has 2 heterocycles. The van der Waals surface area contributed by atoms with Crippen LogP contribution < -0.4 is 5.32 Å². The lowest BCUT2D eigenvalue weighted by Gasteiger charge is -2.25. The van der Waals surface area contributed by atoms with Crippen molar-refractivity contribution in [3.8, 4) is 0 Å². The van der Waals surface area contributed by atoms with Gasteiger partial charge in [0.05, 0.1) is 11.4 Å². The summed E-state index contributed by atoms with van der Waals surface area (Å²) in [7, 11) is -3.59. The number of nitrogens with zero attached hydrogens (tertiary/aromatic N) is 3. The van der Waals surface area contributed by atoms with Crippen molar-refractivity contribution in [2.45, 2.75) is 51.1 Å². The smallest absolute Gasteiger partial charge is 0.246 e. The van der Waals surface area contributed by atoms with Gasteiger partial charge < -0.3 is 5.32 Å². The van der Waals surface area contributed by atoms with E-state index >= 15 is 0 Å². The van der Waals surface area contributed by atoms with Gasteiger partial charge in [-0.2, -0.15) is 9.40 Å². The number of hydrogen-bond donors (Lipinski definition) is 1. The standard InChI is InChI=1S/C19H25ClN4O3S/c1-14-19(28(26,27)23-10-4-3-5-11-23)15(2)24(22-14)13-18(25)21-12-16-6-8-17(20)9-7-16/h6-9H,3-5,10-13H2,1-2H3,(H,21,25). The minimum absolute atomic E-state index is 0.0320. The van der Waals surface area contributed by atoms with Crippen molar-refractivity contribution in [2.24, 2.45) is 0 Å². The fourth-order valence-corrected chi connectivity index (χ4v) is 5.45. The third kappa shape index (κ3) is 4.56. The molecule has 0 radical (unpaired) electrons. The number of rotatable bonds is 6. The van der Waals surface area contributed by atoms with E-state index in [1.165, 1.54) is 8.99 Å². The highest BCUT2D eigenvalue weighted by Crippen LogP contribution is 2.26. The highest BCUT2D eigenvalue weighted by molar-refractivity contribution is 7.89. The van der Waals surface area contributed by atoms with Crippen LogP contribution in [0.15, 0.2) is 29.2 Å². The van der Waals surface area contributed by atoms with E-state index in [9.17, 15) is 13.2 Å². The third-order valence-corrected chi connectivity index (χ3v) is 7.33. The number of sulfonamides is 1. The Morgan fingerprint density at radius 3 is 2.43 bits per heavy atom. The summed E-state index contributed by atoms with van der Waals surface area (Å²) >= 11 is 5.86. The van der Waals surface area contributed by atoms with Crippen molar-refractivity contribution in [1.29, 1.82) is 0 Å². The lowest BCUT2D eigenvalue weighted by Crippen LogP contribution is -2.36. The Morgan fingerprint density at radius 2 is 1.79 bits per heavy atom. The highest BCUT2D eigenvalue weighted by Gasteiger charge is 2.31. The largest absolute Gasteiger partial charge is 0.350 e. The molecule has 1 fully saturated rings. The number of piperidine rings is 1. The SMILES string of the molecule is Cc1nn(CC(=O)NCc2ccc(Cl)cc2)c(C)c1S(=O)(=O)N1CCCCC1. The maximum absolute atomic E-state index is 13.0. The van der Waals surface area contributed by atoms with Crippen molar-refractivity contribution in [2.75, 3.05) is 13.1 Å². The molecule has 0 spiro atoms. The molecule has 1 aliphatic rings.